The molecule has 0 N–H and O–H groups in total. The molecule has 0 unspecified atom stereocenters. The summed E-state index contributed by atoms with van der Waals surface area (Å²) in [5.41, 5.74) is 7.98. The third kappa shape index (κ3) is 4.64. The lowest BCUT2D eigenvalue weighted by atomic mass is 9.96. The average molecular weight is 716 g/mol. The van der Waals surface area contributed by atoms with Gasteiger partial charge in [0.25, 0.3) is 0 Å². The van der Waals surface area contributed by atoms with Gasteiger partial charge in [0, 0.05) is 43.8 Å². The van der Waals surface area contributed by atoms with Crippen molar-refractivity contribution in [3.05, 3.63) is 176 Å². The van der Waals surface area contributed by atoms with Gasteiger partial charge in [-0.25, -0.2) is 15.0 Å². The summed E-state index contributed by atoms with van der Waals surface area (Å²) in [6.45, 7) is 0. The van der Waals surface area contributed by atoms with Crippen molar-refractivity contribution in [1.29, 1.82) is 0 Å². The molecule has 3 aromatic heterocycles. The van der Waals surface area contributed by atoms with Crippen molar-refractivity contribution in [3.8, 4) is 45.3 Å². The van der Waals surface area contributed by atoms with E-state index >= 15 is 0 Å². The van der Waals surface area contributed by atoms with Gasteiger partial charge in [-0.2, -0.15) is 0 Å². The Morgan fingerprint density at radius 3 is 1.64 bits per heavy atom. The van der Waals surface area contributed by atoms with Crippen LogP contribution >= 0.6 is 0 Å². The Bertz CT molecular complexity index is 3560. The zero-order chi connectivity index (χ0) is 36.7. The van der Waals surface area contributed by atoms with Crippen LogP contribution in [-0.4, -0.2) is 15.0 Å². The number of fused-ring (bicyclic) bond motifs is 10. The average Bonchev–Trinajstić information content (AvgIpc) is 3.85. The summed E-state index contributed by atoms with van der Waals surface area (Å²) in [7, 11) is 0. The first-order valence-corrected chi connectivity index (χ1v) is 18.8. The molecule has 0 saturated carbocycles. The lowest BCUT2D eigenvalue weighted by molar-refractivity contribution is 0.669. The quantitative estimate of drug-likeness (QED) is 0.170. The fourth-order valence-electron chi connectivity index (χ4n) is 8.54. The van der Waals surface area contributed by atoms with Crippen molar-refractivity contribution < 1.29 is 8.83 Å². The molecule has 0 atom stereocenters. The van der Waals surface area contributed by atoms with E-state index in [0.717, 1.165) is 87.9 Å². The second kappa shape index (κ2) is 11.9. The third-order valence-corrected chi connectivity index (χ3v) is 11.1. The Labute approximate surface area is 320 Å². The van der Waals surface area contributed by atoms with Gasteiger partial charge < -0.3 is 8.83 Å². The van der Waals surface area contributed by atoms with E-state index < -0.39 is 0 Å². The maximum atomic E-state index is 6.76. The molecule has 0 aliphatic heterocycles. The number of hydrogen-bond acceptors (Lipinski definition) is 5. The Kier molecular flexibility index (Phi) is 6.56. The molecule has 0 aliphatic rings. The molecular formula is C51H29N3O2. The molecule has 56 heavy (non-hydrogen) atoms. The molecule has 12 aromatic rings. The highest BCUT2D eigenvalue weighted by atomic mass is 16.3. The van der Waals surface area contributed by atoms with Crippen LogP contribution < -0.4 is 0 Å². The van der Waals surface area contributed by atoms with Gasteiger partial charge in [0.15, 0.2) is 17.5 Å². The van der Waals surface area contributed by atoms with Gasteiger partial charge in [0.05, 0.1) is 0 Å². The Morgan fingerprint density at radius 2 is 0.857 bits per heavy atom. The van der Waals surface area contributed by atoms with Crippen molar-refractivity contribution in [1.82, 2.24) is 15.0 Å². The highest BCUT2D eigenvalue weighted by Crippen LogP contribution is 2.43. The SMILES string of the molecule is c1ccc2cc(-c3ccc(-c4nc(-c5cc6ccccc6c6ccccc56)nc(-c5cccc6oc7ccccc7c56)n4)c4c3oc3ccccc34)ccc2c1. The van der Waals surface area contributed by atoms with Crippen LogP contribution in [0.3, 0.4) is 0 Å². The fraction of sp³-hybridized carbons (Fsp3) is 0. The zero-order valence-electron chi connectivity index (χ0n) is 29.9. The number of aromatic nitrogens is 3. The molecule has 12 rings (SSSR count). The fourth-order valence-corrected chi connectivity index (χ4v) is 8.54. The number of nitrogens with zero attached hydrogens (tertiary/aromatic N) is 3. The standard InChI is InChI=1S/C51H29N3O2/c1-2-13-31-28-33(25-24-30(31)12-1)35-26-27-41(47-39-19-8-10-22-44(39)56-48(35)47)50-52-49(40-20-11-23-45-46(40)38-18-7-9-21-43(38)55-45)53-51(54-50)42-29-32-14-3-4-15-34(32)36-16-5-6-17-37(36)42/h1-29H. The van der Waals surface area contributed by atoms with Gasteiger partial charge in [0.1, 0.15) is 22.3 Å². The van der Waals surface area contributed by atoms with Crippen molar-refractivity contribution >= 4 is 76.2 Å². The molecule has 3 heterocycles. The summed E-state index contributed by atoms with van der Waals surface area (Å²) in [6, 6.07) is 60.9. The van der Waals surface area contributed by atoms with E-state index in [9.17, 15) is 0 Å². The molecule has 0 bridgehead atoms. The molecule has 0 amide bonds. The van der Waals surface area contributed by atoms with Crippen LogP contribution in [0.25, 0.3) is 121 Å². The summed E-state index contributed by atoms with van der Waals surface area (Å²) in [5.74, 6) is 1.73. The normalized spacial score (nSPS) is 11.9. The molecule has 0 fully saturated rings. The first-order chi connectivity index (χ1) is 27.7. The molecule has 0 aliphatic carbocycles. The van der Waals surface area contributed by atoms with Gasteiger partial charge in [-0.3, -0.25) is 0 Å². The summed E-state index contributed by atoms with van der Waals surface area (Å²) >= 11 is 0. The molecule has 5 heteroatoms. The van der Waals surface area contributed by atoms with E-state index in [1.54, 1.807) is 0 Å². The van der Waals surface area contributed by atoms with Crippen LogP contribution in [0.4, 0.5) is 0 Å². The minimum atomic E-state index is 0.564. The van der Waals surface area contributed by atoms with Gasteiger partial charge in [-0.1, -0.05) is 133 Å². The largest absolute Gasteiger partial charge is 0.456 e. The summed E-state index contributed by atoms with van der Waals surface area (Å²) in [5, 5.41) is 10.9. The summed E-state index contributed by atoms with van der Waals surface area (Å²) < 4.78 is 13.1. The minimum absolute atomic E-state index is 0.564. The first kappa shape index (κ1) is 30.8. The van der Waals surface area contributed by atoms with Gasteiger partial charge in [0.2, 0.25) is 0 Å². The second-order valence-corrected chi connectivity index (χ2v) is 14.3. The van der Waals surface area contributed by atoms with Crippen LogP contribution in [-0.2, 0) is 0 Å². The van der Waals surface area contributed by atoms with Crippen LogP contribution in [0.1, 0.15) is 0 Å². The topological polar surface area (TPSA) is 65.0 Å². The molecule has 0 spiro atoms. The van der Waals surface area contributed by atoms with Crippen LogP contribution in [0, 0.1) is 0 Å². The third-order valence-electron chi connectivity index (χ3n) is 11.1. The van der Waals surface area contributed by atoms with Gasteiger partial charge >= 0.3 is 0 Å². The van der Waals surface area contributed by atoms with Crippen molar-refractivity contribution in [3.63, 3.8) is 0 Å². The number of benzene rings is 9. The van der Waals surface area contributed by atoms with E-state index in [-0.39, 0.29) is 0 Å². The smallest absolute Gasteiger partial charge is 0.164 e. The zero-order valence-corrected chi connectivity index (χ0v) is 29.9. The van der Waals surface area contributed by atoms with Gasteiger partial charge in [-0.15, -0.1) is 0 Å². The number of para-hydroxylation sites is 2. The van der Waals surface area contributed by atoms with E-state index in [1.807, 2.05) is 42.5 Å². The maximum absolute atomic E-state index is 6.76. The van der Waals surface area contributed by atoms with Crippen LogP contribution in [0.15, 0.2) is 185 Å². The van der Waals surface area contributed by atoms with E-state index in [1.165, 1.54) is 16.2 Å². The minimum Gasteiger partial charge on any atom is -0.456 e. The Hall–Kier alpha value is -7.63. The lowest BCUT2D eigenvalue weighted by Gasteiger charge is -2.14. The molecule has 0 radical (unpaired) electrons. The van der Waals surface area contributed by atoms with E-state index in [2.05, 4.69) is 133 Å². The first-order valence-electron chi connectivity index (χ1n) is 18.8. The van der Waals surface area contributed by atoms with Crippen molar-refractivity contribution in [2.45, 2.75) is 0 Å². The molecule has 0 saturated heterocycles. The molecule has 260 valence electrons. The molecular weight excluding hydrogens is 687 g/mol. The molecule has 9 aromatic carbocycles. The van der Waals surface area contributed by atoms with Gasteiger partial charge in [-0.05, 0) is 80.3 Å². The molecule has 5 nitrogen and oxygen atoms in total. The van der Waals surface area contributed by atoms with Crippen molar-refractivity contribution in [2.24, 2.45) is 0 Å². The van der Waals surface area contributed by atoms with Crippen LogP contribution in [0.2, 0.25) is 0 Å². The second-order valence-electron chi connectivity index (χ2n) is 14.3. The van der Waals surface area contributed by atoms with Crippen molar-refractivity contribution in [2.75, 3.05) is 0 Å². The lowest BCUT2D eigenvalue weighted by Crippen LogP contribution is -2.01. The Balaban J connectivity index is 1.18. The van der Waals surface area contributed by atoms with Crippen LogP contribution in [0.5, 0.6) is 0 Å². The monoisotopic (exact) mass is 715 g/mol. The Morgan fingerprint density at radius 1 is 0.304 bits per heavy atom. The number of rotatable bonds is 4. The summed E-state index contributed by atoms with van der Waals surface area (Å²) in [6.07, 6.45) is 0. The maximum Gasteiger partial charge on any atom is 0.164 e. The predicted octanol–water partition coefficient (Wildman–Crippen LogP) is 13.8. The highest BCUT2D eigenvalue weighted by Gasteiger charge is 2.23. The number of furan rings is 2. The van der Waals surface area contributed by atoms with E-state index in [4.69, 9.17) is 23.8 Å². The summed E-state index contributed by atoms with van der Waals surface area (Å²) in [4.78, 5) is 16.1. The predicted molar refractivity (Wildman–Crippen MR) is 229 cm³/mol. The van der Waals surface area contributed by atoms with E-state index in [0.29, 0.717) is 17.5 Å². The highest BCUT2D eigenvalue weighted by molar-refractivity contribution is 6.17. The number of hydrogen-bond donors (Lipinski definition) is 0.